The number of hydrogen-bond donors (Lipinski definition) is 2. The Morgan fingerprint density at radius 3 is 2.80 bits per heavy atom. The van der Waals surface area contributed by atoms with Crippen molar-refractivity contribution in [3.8, 4) is 0 Å². The van der Waals surface area contributed by atoms with Crippen LogP contribution in [0.1, 0.15) is 31.2 Å². The Kier molecular flexibility index (Phi) is 6.55. The van der Waals surface area contributed by atoms with Crippen LogP contribution in [0.3, 0.4) is 0 Å². The van der Waals surface area contributed by atoms with Crippen LogP contribution in [0.25, 0.3) is 0 Å². The lowest BCUT2D eigenvalue weighted by atomic mass is 10.0. The maximum atomic E-state index is 6.20. The second kappa shape index (κ2) is 8.67. The molecule has 6 heteroatoms. The first-order chi connectivity index (χ1) is 12.0. The molecule has 0 radical (unpaired) electrons. The van der Waals surface area contributed by atoms with Crippen LogP contribution in [0.4, 0.5) is 5.69 Å². The highest BCUT2D eigenvalue weighted by Gasteiger charge is 2.29. The topological polar surface area (TPSA) is 28.9 Å². The Bertz CT molecular complexity index is 598. The van der Waals surface area contributed by atoms with Gasteiger partial charge in [0.15, 0.2) is 5.11 Å². The van der Waals surface area contributed by atoms with E-state index in [9.17, 15) is 0 Å². The third kappa shape index (κ3) is 4.85. The molecule has 1 aromatic rings. The first-order valence-corrected chi connectivity index (χ1v) is 10.1. The molecule has 0 amide bonds. The molecule has 0 spiro atoms. The zero-order valence-corrected chi connectivity index (χ0v) is 16.8. The number of hydrogen-bond acceptors (Lipinski definition) is 2. The summed E-state index contributed by atoms with van der Waals surface area (Å²) in [6, 6.07) is 6.59. The van der Waals surface area contributed by atoms with Gasteiger partial charge >= 0.3 is 0 Å². The van der Waals surface area contributed by atoms with Gasteiger partial charge in [-0.15, -0.1) is 0 Å². The molecule has 2 fully saturated rings. The lowest BCUT2D eigenvalue weighted by molar-refractivity contribution is -0.910. The first kappa shape index (κ1) is 18.9. The van der Waals surface area contributed by atoms with Crippen LogP contribution < -0.4 is 10.2 Å². The summed E-state index contributed by atoms with van der Waals surface area (Å²) in [5.74, 6) is 0. The van der Waals surface area contributed by atoms with Crippen LogP contribution in [0.5, 0.6) is 0 Å². The van der Waals surface area contributed by atoms with Gasteiger partial charge in [0.05, 0.1) is 13.1 Å². The first-order valence-electron chi connectivity index (χ1n) is 9.29. The van der Waals surface area contributed by atoms with Crippen LogP contribution >= 0.6 is 23.8 Å². The molecule has 2 aliphatic heterocycles. The molecular weight excluding hydrogens is 354 g/mol. The summed E-state index contributed by atoms with van der Waals surface area (Å²) in [5.41, 5.74) is 2.04. The molecule has 138 valence electrons. The Hall–Kier alpha value is -0.880. The number of rotatable bonds is 4. The van der Waals surface area contributed by atoms with Crippen molar-refractivity contribution < 1.29 is 9.64 Å². The van der Waals surface area contributed by atoms with Crippen molar-refractivity contribution in [2.75, 3.05) is 38.6 Å². The lowest BCUT2D eigenvalue weighted by Gasteiger charge is -2.36. The minimum absolute atomic E-state index is 0.464. The van der Waals surface area contributed by atoms with Crippen LogP contribution in [-0.4, -0.2) is 55.4 Å². The van der Waals surface area contributed by atoms with Gasteiger partial charge in [0.2, 0.25) is 0 Å². The Labute approximate surface area is 161 Å². The van der Waals surface area contributed by atoms with E-state index in [1.54, 1.807) is 4.90 Å². The molecule has 2 heterocycles. The molecule has 2 aliphatic rings. The SMILES string of the molecule is Cc1c(Cl)cccc1NC(=S)N1CCC([NH+](C)CC2CCCO2)CC1. The molecule has 0 saturated carbocycles. The van der Waals surface area contributed by atoms with E-state index in [1.165, 1.54) is 25.7 Å². The number of nitrogens with one attached hydrogen (secondary N) is 2. The van der Waals surface area contributed by atoms with E-state index in [-0.39, 0.29) is 0 Å². The monoisotopic (exact) mass is 382 g/mol. The van der Waals surface area contributed by atoms with Crippen molar-refractivity contribution in [1.29, 1.82) is 0 Å². The fraction of sp³-hybridized carbons (Fsp3) is 0.632. The average Bonchev–Trinajstić information content (AvgIpc) is 3.12. The number of likely N-dealkylation sites (tertiary alicyclic amines) is 1. The fourth-order valence-corrected chi connectivity index (χ4v) is 4.31. The molecule has 2 N–H and O–H groups in total. The summed E-state index contributed by atoms with van der Waals surface area (Å²) >= 11 is 11.8. The number of piperidine rings is 1. The van der Waals surface area contributed by atoms with Gasteiger partial charge in [-0.1, -0.05) is 17.7 Å². The van der Waals surface area contributed by atoms with Crippen LogP contribution in [-0.2, 0) is 4.74 Å². The molecule has 2 unspecified atom stereocenters. The molecule has 25 heavy (non-hydrogen) atoms. The van der Waals surface area contributed by atoms with Gasteiger partial charge in [-0.05, 0) is 49.7 Å². The number of benzene rings is 1. The van der Waals surface area contributed by atoms with E-state index < -0.39 is 0 Å². The Morgan fingerprint density at radius 1 is 1.36 bits per heavy atom. The van der Waals surface area contributed by atoms with E-state index in [0.29, 0.717) is 12.1 Å². The van der Waals surface area contributed by atoms with Crippen molar-refractivity contribution in [3.05, 3.63) is 28.8 Å². The van der Waals surface area contributed by atoms with Crippen molar-refractivity contribution in [2.45, 2.75) is 44.8 Å². The van der Waals surface area contributed by atoms with Crippen molar-refractivity contribution in [2.24, 2.45) is 0 Å². The van der Waals surface area contributed by atoms with Crippen molar-refractivity contribution >= 4 is 34.6 Å². The number of anilines is 1. The number of quaternary nitrogens is 1. The van der Waals surface area contributed by atoms with E-state index in [1.807, 2.05) is 25.1 Å². The zero-order chi connectivity index (χ0) is 17.8. The molecule has 2 saturated heterocycles. The number of halogens is 1. The van der Waals surface area contributed by atoms with Gasteiger partial charge in [0.25, 0.3) is 0 Å². The summed E-state index contributed by atoms with van der Waals surface area (Å²) in [6.07, 6.45) is 5.26. The summed E-state index contributed by atoms with van der Waals surface area (Å²) in [7, 11) is 2.31. The summed E-state index contributed by atoms with van der Waals surface area (Å²) in [4.78, 5) is 3.89. The predicted molar refractivity (Wildman–Crippen MR) is 108 cm³/mol. The third-order valence-electron chi connectivity index (χ3n) is 5.56. The maximum Gasteiger partial charge on any atom is 0.173 e. The maximum absolute atomic E-state index is 6.20. The van der Waals surface area contributed by atoms with E-state index in [4.69, 9.17) is 28.6 Å². The number of thiocarbonyl (C=S) groups is 1. The summed E-state index contributed by atoms with van der Waals surface area (Å²) in [5, 5.41) is 4.95. The smallest absolute Gasteiger partial charge is 0.173 e. The number of nitrogens with zero attached hydrogens (tertiary/aromatic N) is 1. The Balaban J connectivity index is 1.48. The molecule has 0 bridgehead atoms. The average molecular weight is 383 g/mol. The lowest BCUT2D eigenvalue weighted by Crippen LogP contribution is -3.14. The van der Waals surface area contributed by atoms with E-state index >= 15 is 0 Å². The summed E-state index contributed by atoms with van der Waals surface area (Å²) < 4.78 is 5.79. The third-order valence-corrected chi connectivity index (χ3v) is 6.33. The van der Waals surface area contributed by atoms with Crippen LogP contribution in [0.2, 0.25) is 5.02 Å². The van der Waals surface area contributed by atoms with Gasteiger partial charge in [-0.3, -0.25) is 0 Å². The number of likely N-dealkylation sites (N-methyl/N-ethyl adjacent to an activating group) is 1. The molecular formula is C19H29ClN3OS+. The zero-order valence-electron chi connectivity index (χ0n) is 15.2. The van der Waals surface area contributed by atoms with Gasteiger partial charge in [0.1, 0.15) is 12.6 Å². The molecule has 3 rings (SSSR count). The largest absolute Gasteiger partial charge is 0.372 e. The molecule has 1 aromatic carbocycles. The van der Waals surface area contributed by atoms with Crippen molar-refractivity contribution in [3.63, 3.8) is 0 Å². The second-order valence-corrected chi connectivity index (χ2v) is 8.08. The normalized spacial score (nSPS) is 22.8. The predicted octanol–water partition coefficient (Wildman–Crippen LogP) is 2.50. The van der Waals surface area contributed by atoms with E-state index in [0.717, 1.165) is 47.6 Å². The van der Waals surface area contributed by atoms with Crippen LogP contribution in [0.15, 0.2) is 18.2 Å². The van der Waals surface area contributed by atoms with Crippen LogP contribution in [0, 0.1) is 6.92 Å². The quantitative estimate of drug-likeness (QED) is 0.783. The molecule has 0 aromatic heterocycles. The Morgan fingerprint density at radius 2 is 2.12 bits per heavy atom. The van der Waals surface area contributed by atoms with E-state index in [2.05, 4.69) is 17.3 Å². The molecule has 0 aliphatic carbocycles. The highest BCUT2D eigenvalue weighted by Crippen LogP contribution is 2.23. The highest BCUT2D eigenvalue weighted by molar-refractivity contribution is 7.80. The van der Waals surface area contributed by atoms with Gasteiger partial charge < -0.3 is 19.9 Å². The van der Waals surface area contributed by atoms with Gasteiger partial charge in [-0.25, -0.2) is 0 Å². The highest BCUT2D eigenvalue weighted by atomic mass is 35.5. The van der Waals surface area contributed by atoms with Gasteiger partial charge in [-0.2, -0.15) is 0 Å². The molecule has 4 nitrogen and oxygen atoms in total. The van der Waals surface area contributed by atoms with Gasteiger partial charge in [0, 0.05) is 43.2 Å². The number of ether oxygens (including phenoxy) is 1. The second-order valence-electron chi connectivity index (χ2n) is 7.29. The molecule has 2 atom stereocenters. The summed E-state index contributed by atoms with van der Waals surface area (Å²) in [6.45, 7) is 6.12. The van der Waals surface area contributed by atoms with Crippen molar-refractivity contribution in [1.82, 2.24) is 4.90 Å². The minimum atomic E-state index is 0.464. The standard InChI is InChI=1S/C19H28ClN3OS/c1-14-17(20)6-3-7-18(14)21-19(25)23-10-8-15(9-11-23)22(2)13-16-5-4-12-24-16/h3,6-7,15-16H,4-5,8-13H2,1-2H3,(H,21,25)/p+1. The minimum Gasteiger partial charge on any atom is -0.372 e. The fourth-order valence-electron chi connectivity index (χ4n) is 3.84.